The summed E-state index contributed by atoms with van der Waals surface area (Å²) >= 11 is 0. The van der Waals surface area contributed by atoms with Crippen molar-refractivity contribution in [3.8, 4) is 5.75 Å². The fraction of sp³-hybridized carbons (Fsp3) is 0.455. The molecule has 148 valence electrons. The summed E-state index contributed by atoms with van der Waals surface area (Å²) in [6.45, 7) is 2.53. The molecular weight excluding hydrogens is 356 g/mol. The molecule has 6 heteroatoms. The summed E-state index contributed by atoms with van der Waals surface area (Å²) in [5.41, 5.74) is 1.03. The van der Waals surface area contributed by atoms with Crippen molar-refractivity contribution < 1.29 is 18.7 Å². The molecule has 2 saturated heterocycles. The molecule has 2 aromatic rings. The Labute approximate surface area is 165 Å². The number of likely N-dealkylation sites (tertiary alicyclic amines) is 2. The van der Waals surface area contributed by atoms with E-state index in [9.17, 15) is 9.59 Å². The van der Waals surface area contributed by atoms with Crippen molar-refractivity contribution in [1.82, 2.24) is 9.80 Å². The number of benzene rings is 1. The molecule has 6 nitrogen and oxygen atoms in total. The van der Waals surface area contributed by atoms with E-state index >= 15 is 0 Å². The number of methoxy groups -OCH3 is 1. The maximum Gasteiger partial charge on any atom is 0.289 e. The fourth-order valence-electron chi connectivity index (χ4n) is 4.33. The highest BCUT2D eigenvalue weighted by molar-refractivity contribution is 5.92. The summed E-state index contributed by atoms with van der Waals surface area (Å²) in [5, 5.41) is 0. The Bertz CT molecular complexity index is 827. The Kier molecular flexibility index (Phi) is 5.37. The van der Waals surface area contributed by atoms with Gasteiger partial charge >= 0.3 is 0 Å². The van der Waals surface area contributed by atoms with Crippen LogP contribution in [0.4, 0.5) is 0 Å². The van der Waals surface area contributed by atoms with Crippen LogP contribution < -0.4 is 4.74 Å². The minimum atomic E-state index is -0.246. The van der Waals surface area contributed by atoms with Crippen molar-refractivity contribution >= 4 is 11.8 Å². The molecule has 1 aromatic carbocycles. The Hall–Kier alpha value is -2.76. The van der Waals surface area contributed by atoms with Gasteiger partial charge in [0.2, 0.25) is 5.91 Å². The largest absolute Gasteiger partial charge is 0.497 e. The predicted octanol–water partition coefficient (Wildman–Crippen LogP) is 3.16. The molecule has 2 atom stereocenters. The van der Waals surface area contributed by atoms with Gasteiger partial charge in [0, 0.05) is 32.1 Å². The van der Waals surface area contributed by atoms with E-state index < -0.39 is 0 Å². The molecule has 2 fully saturated rings. The van der Waals surface area contributed by atoms with Crippen LogP contribution in [0.15, 0.2) is 47.1 Å². The topological polar surface area (TPSA) is 63.0 Å². The summed E-state index contributed by atoms with van der Waals surface area (Å²) in [6.07, 6.45) is 4.78. The summed E-state index contributed by atoms with van der Waals surface area (Å²) in [4.78, 5) is 29.9. The summed E-state index contributed by atoms with van der Waals surface area (Å²) in [7, 11) is 1.64. The van der Waals surface area contributed by atoms with Gasteiger partial charge in [0.1, 0.15) is 5.75 Å². The molecule has 0 N–H and O–H groups in total. The molecule has 2 amide bonds. The van der Waals surface area contributed by atoms with Crippen LogP contribution in [0.5, 0.6) is 5.75 Å². The fourth-order valence-corrected chi connectivity index (χ4v) is 4.33. The highest BCUT2D eigenvalue weighted by Crippen LogP contribution is 2.36. The zero-order valence-corrected chi connectivity index (χ0v) is 16.2. The lowest BCUT2D eigenvalue weighted by molar-refractivity contribution is -0.136. The molecular formula is C22H26N2O4. The Morgan fingerprint density at radius 1 is 1.04 bits per heavy atom. The van der Waals surface area contributed by atoms with E-state index in [0.29, 0.717) is 18.8 Å². The van der Waals surface area contributed by atoms with E-state index in [2.05, 4.69) is 0 Å². The number of hydrogen-bond acceptors (Lipinski definition) is 4. The molecule has 2 aliphatic heterocycles. The third-order valence-corrected chi connectivity index (χ3v) is 5.85. The first kappa shape index (κ1) is 18.6. The second kappa shape index (κ2) is 8.09. The first-order valence-corrected chi connectivity index (χ1v) is 9.93. The Morgan fingerprint density at radius 2 is 1.86 bits per heavy atom. The van der Waals surface area contributed by atoms with E-state index in [1.54, 1.807) is 24.1 Å². The number of furan rings is 1. The normalized spacial score (nSPS) is 22.3. The number of ether oxygens (including phenoxy) is 1. The third kappa shape index (κ3) is 3.63. The molecule has 0 radical (unpaired) electrons. The zero-order chi connectivity index (χ0) is 19.5. The van der Waals surface area contributed by atoms with Gasteiger partial charge in [-0.2, -0.15) is 0 Å². The number of piperidine rings is 1. The maximum atomic E-state index is 13.3. The average Bonchev–Trinajstić information content (AvgIpc) is 3.44. The molecule has 1 aromatic heterocycles. The van der Waals surface area contributed by atoms with Crippen LogP contribution in [0.2, 0.25) is 0 Å². The number of hydrogen-bond donors (Lipinski definition) is 0. The van der Waals surface area contributed by atoms with Gasteiger partial charge in [-0.05, 0) is 49.1 Å². The van der Waals surface area contributed by atoms with Crippen molar-refractivity contribution in [1.29, 1.82) is 0 Å². The lowest BCUT2D eigenvalue weighted by atomic mass is 9.87. The Morgan fingerprint density at radius 3 is 2.57 bits per heavy atom. The van der Waals surface area contributed by atoms with Gasteiger partial charge in [0.25, 0.3) is 5.91 Å². The molecule has 4 rings (SSSR count). The summed E-state index contributed by atoms with van der Waals surface area (Å²) in [6, 6.07) is 11.2. The average molecular weight is 382 g/mol. The van der Waals surface area contributed by atoms with E-state index in [4.69, 9.17) is 9.15 Å². The van der Waals surface area contributed by atoms with E-state index in [1.165, 1.54) is 12.7 Å². The lowest BCUT2D eigenvalue weighted by Gasteiger charge is -2.31. The minimum absolute atomic E-state index is 0.0524. The van der Waals surface area contributed by atoms with Gasteiger partial charge in [-0.3, -0.25) is 9.59 Å². The maximum absolute atomic E-state index is 13.3. The molecule has 28 heavy (non-hydrogen) atoms. The van der Waals surface area contributed by atoms with E-state index in [1.807, 2.05) is 29.2 Å². The van der Waals surface area contributed by atoms with Gasteiger partial charge in [-0.25, -0.2) is 0 Å². The van der Waals surface area contributed by atoms with Crippen LogP contribution in [-0.2, 0) is 4.79 Å². The second-order valence-corrected chi connectivity index (χ2v) is 7.56. The first-order chi connectivity index (χ1) is 13.7. The number of amides is 2. The highest BCUT2D eigenvalue weighted by Gasteiger charge is 2.42. The smallest absolute Gasteiger partial charge is 0.289 e. The van der Waals surface area contributed by atoms with Crippen molar-refractivity contribution in [2.45, 2.75) is 25.2 Å². The highest BCUT2D eigenvalue weighted by atomic mass is 16.5. The molecule has 0 unspecified atom stereocenters. The first-order valence-electron chi connectivity index (χ1n) is 9.93. The van der Waals surface area contributed by atoms with Gasteiger partial charge in [0.15, 0.2) is 5.76 Å². The quantitative estimate of drug-likeness (QED) is 0.815. The van der Waals surface area contributed by atoms with Crippen LogP contribution in [0.25, 0.3) is 0 Å². The van der Waals surface area contributed by atoms with Crippen LogP contribution in [-0.4, -0.2) is 54.9 Å². The zero-order valence-electron chi connectivity index (χ0n) is 16.2. The summed E-state index contributed by atoms with van der Waals surface area (Å²) in [5.74, 6) is 0.773. The SMILES string of the molecule is COc1cccc([C@H]2CN(C(=O)c3ccco3)C[C@H]2C(=O)N2CCCCC2)c1. The van der Waals surface area contributed by atoms with Crippen molar-refractivity contribution in [3.63, 3.8) is 0 Å². The number of nitrogens with zero attached hydrogens (tertiary/aromatic N) is 2. The number of carbonyl (C=O) groups excluding carboxylic acids is 2. The standard InChI is InChI=1S/C22H26N2O4/c1-27-17-8-5-7-16(13-17)18-14-24(22(26)20-9-6-12-28-20)15-19(18)21(25)23-10-3-2-4-11-23/h5-9,12-13,18-19H,2-4,10-11,14-15H2,1H3/t18-,19-/m1/s1. The van der Waals surface area contributed by atoms with Crippen LogP contribution in [0.1, 0.15) is 41.3 Å². The molecule has 2 aliphatic rings. The van der Waals surface area contributed by atoms with Crippen LogP contribution >= 0.6 is 0 Å². The summed E-state index contributed by atoms with van der Waals surface area (Å²) < 4.78 is 10.7. The number of carbonyl (C=O) groups is 2. The predicted molar refractivity (Wildman–Crippen MR) is 104 cm³/mol. The van der Waals surface area contributed by atoms with Crippen molar-refractivity contribution in [2.75, 3.05) is 33.3 Å². The molecule has 0 aliphatic carbocycles. The van der Waals surface area contributed by atoms with E-state index in [-0.39, 0.29) is 23.7 Å². The monoisotopic (exact) mass is 382 g/mol. The van der Waals surface area contributed by atoms with Gasteiger partial charge in [-0.15, -0.1) is 0 Å². The van der Waals surface area contributed by atoms with Crippen molar-refractivity contribution in [2.24, 2.45) is 5.92 Å². The second-order valence-electron chi connectivity index (χ2n) is 7.56. The Balaban J connectivity index is 1.61. The van der Waals surface area contributed by atoms with Crippen molar-refractivity contribution in [3.05, 3.63) is 54.0 Å². The molecule has 3 heterocycles. The number of rotatable bonds is 4. The van der Waals surface area contributed by atoms with Gasteiger partial charge < -0.3 is 19.0 Å². The van der Waals surface area contributed by atoms with Gasteiger partial charge in [0.05, 0.1) is 19.3 Å². The molecule has 0 saturated carbocycles. The van der Waals surface area contributed by atoms with Crippen LogP contribution in [0, 0.1) is 5.92 Å². The third-order valence-electron chi connectivity index (χ3n) is 5.85. The minimum Gasteiger partial charge on any atom is -0.497 e. The molecule has 0 spiro atoms. The van der Waals surface area contributed by atoms with E-state index in [0.717, 1.165) is 37.2 Å². The van der Waals surface area contributed by atoms with Gasteiger partial charge in [-0.1, -0.05) is 12.1 Å². The van der Waals surface area contributed by atoms with Crippen LogP contribution in [0.3, 0.4) is 0 Å². The molecule has 0 bridgehead atoms. The lowest BCUT2D eigenvalue weighted by Crippen LogP contribution is -2.42.